The van der Waals surface area contributed by atoms with Crippen molar-refractivity contribution in [1.29, 1.82) is 0 Å². The zero-order chi connectivity index (χ0) is 14.5. The maximum Gasteiger partial charge on any atom is 0.120 e. The lowest BCUT2D eigenvalue weighted by atomic mass is 10.1. The highest BCUT2D eigenvalue weighted by Crippen LogP contribution is 2.23. The molecule has 0 aliphatic rings. The van der Waals surface area contributed by atoms with Crippen molar-refractivity contribution in [2.45, 2.75) is 19.4 Å². The Labute approximate surface area is 123 Å². The van der Waals surface area contributed by atoms with Gasteiger partial charge in [0.1, 0.15) is 16.5 Å². The van der Waals surface area contributed by atoms with Gasteiger partial charge >= 0.3 is 0 Å². The predicted octanol–water partition coefficient (Wildman–Crippen LogP) is 2.97. The lowest BCUT2D eigenvalue weighted by Crippen LogP contribution is -2.21. The number of hydrogen-bond acceptors (Lipinski definition) is 4. The molecule has 0 aliphatic carbocycles. The Hall–Kier alpha value is -2.01. The van der Waals surface area contributed by atoms with Gasteiger partial charge in [-0.1, -0.05) is 12.2 Å². The molecule has 5 heteroatoms. The van der Waals surface area contributed by atoms with Gasteiger partial charge in [-0.3, -0.25) is 0 Å². The molecule has 1 heterocycles. The van der Waals surface area contributed by atoms with E-state index in [4.69, 9.17) is 27.1 Å². The van der Waals surface area contributed by atoms with E-state index in [9.17, 15) is 0 Å². The second-order valence-corrected chi connectivity index (χ2v) is 5.04. The summed E-state index contributed by atoms with van der Waals surface area (Å²) in [5, 5.41) is 3.40. The van der Waals surface area contributed by atoms with Gasteiger partial charge in [0, 0.05) is 29.8 Å². The molecule has 4 nitrogen and oxygen atoms in total. The fourth-order valence-electron chi connectivity index (χ4n) is 2.03. The third-order valence-electron chi connectivity index (χ3n) is 2.98. The molecule has 1 aromatic carbocycles. The first-order valence-electron chi connectivity index (χ1n) is 6.37. The van der Waals surface area contributed by atoms with Crippen LogP contribution in [0.3, 0.4) is 0 Å². The molecule has 106 valence electrons. The topological polar surface area (TPSA) is 60.4 Å². The van der Waals surface area contributed by atoms with Crippen molar-refractivity contribution in [2.75, 3.05) is 12.4 Å². The van der Waals surface area contributed by atoms with E-state index in [2.05, 4.69) is 12.2 Å². The molecule has 1 unspecified atom stereocenters. The van der Waals surface area contributed by atoms with Crippen molar-refractivity contribution in [1.82, 2.24) is 0 Å². The molecular weight excluding hydrogens is 272 g/mol. The highest BCUT2D eigenvalue weighted by Gasteiger charge is 2.11. The van der Waals surface area contributed by atoms with Gasteiger partial charge in [0.05, 0.1) is 13.4 Å². The fraction of sp³-hybridized carbons (Fsp3) is 0.267. The highest BCUT2D eigenvalue weighted by molar-refractivity contribution is 7.80. The van der Waals surface area contributed by atoms with E-state index in [0.717, 1.165) is 29.2 Å². The van der Waals surface area contributed by atoms with Crippen molar-refractivity contribution in [3.05, 3.63) is 47.9 Å². The molecule has 1 atom stereocenters. The molecule has 0 fully saturated rings. The Morgan fingerprint density at radius 3 is 2.85 bits per heavy atom. The van der Waals surface area contributed by atoms with Gasteiger partial charge in [-0.2, -0.15) is 0 Å². The van der Waals surface area contributed by atoms with Crippen LogP contribution in [0.25, 0.3) is 0 Å². The van der Waals surface area contributed by atoms with Gasteiger partial charge in [-0.05, 0) is 31.2 Å². The number of hydrogen-bond donors (Lipinski definition) is 2. The van der Waals surface area contributed by atoms with E-state index in [1.807, 2.05) is 30.3 Å². The van der Waals surface area contributed by atoms with Crippen LogP contribution >= 0.6 is 12.2 Å². The molecule has 3 N–H and O–H groups in total. The van der Waals surface area contributed by atoms with Gasteiger partial charge < -0.3 is 20.2 Å². The summed E-state index contributed by atoms with van der Waals surface area (Å²) in [5.74, 6) is 1.70. The smallest absolute Gasteiger partial charge is 0.120 e. The molecular formula is C15H18N2O2S. The summed E-state index contributed by atoms with van der Waals surface area (Å²) in [5.41, 5.74) is 7.43. The Balaban J connectivity index is 2.16. The van der Waals surface area contributed by atoms with E-state index in [1.165, 1.54) is 0 Å². The van der Waals surface area contributed by atoms with Gasteiger partial charge in [-0.25, -0.2) is 0 Å². The quantitative estimate of drug-likeness (QED) is 0.801. The molecule has 0 saturated carbocycles. The van der Waals surface area contributed by atoms with Crippen LogP contribution in [0.5, 0.6) is 5.75 Å². The van der Waals surface area contributed by atoms with E-state index in [1.54, 1.807) is 13.4 Å². The molecule has 0 spiro atoms. The fourth-order valence-corrected chi connectivity index (χ4v) is 2.21. The number of rotatable bonds is 6. The zero-order valence-corrected chi connectivity index (χ0v) is 12.4. The van der Waals surface area contributed by atoms with Crippen molar-refractivity contribution in [3.8, 4) is 5.75 Å². The third-order valence-corrected chi connectivity index (χ3v) is 3.20. The van der Waals surface area contributed by atoms with Crippen LogP contribution in [0.4, 0.5) is 5.69 Å². The first-order chi connectivity index (χ1) is 9.60. The molecule has 2 rings (SSSR count). The van der Waals surface area contributed by atoms with Crippen molar-refractivity contribution >= 4 is 22.9 Å². The second kappa shape index (κ2) is 6.43. The number of benzene rings is 1. The normalized spacial score (nSPS) is 11.9. The molecule has 0 bridgehead atoms. The first-order valence-corrected chi connectivity index (χ1v) is 6.77. The molecule has 20 heavy (non-hydrogen) atoms. The van der Waals surface area contributed by atoms with Crippen LogP contribution < -0.4 is 15.8 Å². The Morgan fingerprint density at radius 2 is 2.25 bits per heavy atom. The maximum atomic E-state index is 5.75. The Kier molecular flexibility index (Phi) is 4.63. The number of methoxy groups -OCH3 is 1. The standard InChI is InChI=1S/C15H18N2O2S/c1-10(8-12-4-3-7-19-12)17-14-9-11(18-2)5-6-13(14)15(16)20/h3-7,9-10,17H,8H2,1-2H3,(H2,16,20). The van der Waals surface area contributed by atoms with Crippen molar-refractivity contribution < 1.29 is 9.15 Å². The third kappa shape index (κ3) is 3.51. The first kappa shape index (κ1) is 14.4. The molecule has 0 aliphatic heterocycles. The highest BCUT2D eigenvalue weighted by atomic mass is 32.1. The summed E-state index contributed by atoms with van der Waals surface area (Å²) >= 11 is 5.08. The summed E-state index contributed by atoms with van der Waals surface area (Å²) in [6, 6.07) is 9.63. The van der Waals surface area contributed by atoms with E-state index < -0.39 is 0 Å². The number of ether oxygens (including phenoxy) is 1. The summed E-state index contributed by atoms with van der Waals surface area (Å²) in [7, 11) is 1.63. The number of anilines is 1. The van der Waals surface area contributed by atoms with Gasteiger partial charge in [0.2, 0.25) is 0 Å². The van der Waals surface area contributed by atoms with Crippen LogP contribution in [0.1, 0.15) is 18.2 Å². The summed E-state index contributed by atoms with van der Waals surface area (Å²) in [6.45, 7) is 2.07. The lowest BCUT2D eigenvalue weighted by Gasteiger charge is -2.17. The summed E-state index contributed by atoms with van der Waals surface area (Å²) in [4.78, 5) is 0.361. The average Bonchev–Trinajstić information content (AvgIpc) is 2.90. The van der Waals surface area contributed by atoms with Gasteiger partial charge in [0.15, 0.2) is 0 Å². The molecule has 0 radical (unpaired) electrons. The van der Waals surface area contributed by atoms with E-state index in [0.29, 0.717) is 4.99 Å². The lowest BCUT2D eigenvalue weighted by molar-refractivity contribution is 0.415. The largest absolute Gasteiger partial charge is 0.497 e. The van der Waals surface area contributed by atoms with Crippen LogP contribution in [0, 0.1) is 0 Å². The van der Waals surface area contributed by atoms with Gasteiger partial charge in [-0.15, -0.1) is 0 Å². The van der Waals surface area contributed by atoms with Crippen molar-refractivity contribution in [2.24, 2.45) is 5.73 Å². The number of furan rings is 1. The predicted molar refractivity (Wildman–Crippen MR) is 84.4 cm³/mol. The average molecular weight is 290 g/mol. The minimum atomic E-state index is 0.182. The maximum absolute atomic E-state index is 5.75. The van der Waals surface area contributed by atoms with Crippen LogP contribution in [-0.4, -0.2) is 18.1 Å². The SMILES string of the molecule is COc1ccc(C(N)=S)c(NC(C)Cc2ccco2)c1. The number of thiocarbonyl (C=S) groups is 1. The Morgan fingerprint density at radius 1 is 1.45 bits per heavy atom. The zero-order valence-electron chi connectivity index (χ0n) is 11.6. The minimum absolute atomic E-state index is 0.182. The number of nitrogens with two attached hydrogens (primary N) is 1. The van der Waals surface area contributed by atoms with E-state index in [-0.39, 0.29) is 6.04 Å². The molecule has 0 saturated heterocycles. The van der Waals surface area contributed by atoms with Crippen LogP contribution in [0.2, 0.25) is 0 Å². The summed E-state index contributed by atoms with van der Waals surface area (Å²) < 4.78 is 10.6. The Bertz CT molecular complexity index is 582. The van der Waals surface area contributed by atoms with Crippen molar-refractivity contribution in [3.63, 3.8) is 0 Å². The molecule has 2 aromatic rings. The minimum Gasteiger partial charge on any atom is -0.497 e. The number of nitrogens with one attached hydrogen (secondary N) is 1. The van der Waals surface area contributed by atoms with Gasteiger partial charge in [0.25, 0.3) is 0 Å². The van der Waals surface area contributed by atoms with E-state index >= 15 is 0 Å². The monoisotopic (exact) mass is 290 g/mol. The summed E-state index contributed by atoms with van der Waals surface area (Å²) in [6.07, 6.45) is 2.45. The van der Waals surface area contributed by atoms with Crippen LogP contribution in [-0.2, 0) is 6.42 Å². The molecule has 1 aromatic heterocycles. The second-order valence-electron chi connectivity index (χ2n) is 4.60. The molecule has 0 amide bonds. The van der Waals surface area contributed by atoms with Crippen LogP contribution in [0.15, 0.2) is 41.0 Å².